The molecule has 1 fully saturated rings. The zero-order valence-electron chi connectivity index (χ0n) is 9.32. The molecule has 0 N–H and O–H groups in total. The quantitative estimate of drug-likeness (QED) is 0.345. The van der Waals surface area contributed by atoms with E-state index in [-0.39, 0.29) is 0 Å². The Morgan fingerprint density at radius 2 is 2.38 bits per heavy atom. The van der Waals surface area contributed by atoms with Gasteiger partial charge in [0.1, 0.15) is 21.2 Å². The zero-order chi connectivity index (χ0) is 12.0. The van der Waals surface area contributed by atoms with Crippen molar-refractivity contribution in [3.8, 4) is 6.07 Å². The lowest BCUT2D eigenvalue weighted by molar-refractivity contribution is 0.444. The fraction of sp³-hybridized carbons (Fsp3) is 0.417. The van der Waals surface area contributed by atoms with Gasteiger partial charge in [-0.25, -0.2) is 0 Å². The number of halogens is 1. The summed E-state index contributed by atoms with van der Waals surface area (Å²) >= 11 is -0.898. The first kappa shape index (κ1) is 13.1. The van der Waals surface area contributed by atoms with E-state index in [4.69, 9.17) is 5.26 Å². The average Bonchev–Trinajstić information content (AvgIpc) is 2.78. The molecule has 1 atom stereocenters. The zero-order valence-corrected chi connectivity index (χ0v) is 11.5. The lowest BCUT2D eigenvalue weighted by Gasteiger charge is -2.17. The molecule has 86 valence electrons. The molecule has 0 aromatic heterocycles. The Labute approximate surface area is 107 Å². The van der Waals surface area contributed by atoms with E-state index in [0.717, 1.165) is 25.2 Å². The van der Waals surface area contributed by atoms with E-state index in [1.54, 1.807) is 12.2 Å². The average molecular weight is 330 g/mol. The number of hydrogen-bond acceptors (Lipinski definition) is 3. The fourth-order valence-corrected chi connectivity index (χ4v) is 2.71. The molecule has 1 rings (SSSR count). The van der Waals surface area contributed by atoms with Gasteiger partial charge in [0, 0.05) is 24.4 Å². The number of allylic oxidation sites excluding steroid dienone is 4. The van der Waals surface area contributed by atoms with Crippen molar-refractivity contribution in [3.63, 3.8) is 0 Å². The fourth-order valence-electron chi connectivity index (χ4n) is 1.54. The monoisotopic (exact) mass is 330 g/mol. The van der Waals surface area contributed by atoms with E-state index in [1.165, 1.54) is 0 Å². The highest BCUT2D eigenvalue weighted by atomic mass is 127. The van der Waals surface area contributed by atoms with Gasteiger partial charge in [0.15, 0.2) is 0 Å². The first-order valence-electron chi connectivity index (χ1n) is 5.15. The van der Waals surface area contributed by atoms with Gasteiger partial charge in [-0.05, 0) is 25.5 Å². The lowest BCUT2D eigenvalue weighted by Crippen LogP contribution is -2.18. The molecule has 3 nitrogen and oxygen atoms in total. The number of hydrogen-bond donors (Lipinski definition) is 0. The van der Waals surface area contributed by atoms with Crippen LogP contribution in [-0.4, -0.2) is 21.9 Å². The van der Waals surface area contributed by atoms with Crippen LogP contribution in [-0.2, 0) is 3.07 Å². The third kappa shape index (κ3) is 3.56. The van der Waals surface area contributed by atoms with Gasteiger partial charge in [0.05, 0.1) is 9.99 Å². The Kier molecular flexibility index (Phi) is 5.39. The van der Waals surface area contributed by atoms with Crippen LogP contribution in [0.15, 0.2) is 36.1 Å². The molecule has 1 aliphatic heterocycles. The maximum Gasteiger partial charge on any atom is 0.149 e. The van der Waals surface area contributed by atoms with Crippen LogP contribution in [0.3, 0.4) is 0 Å². The summed E-state index contributed by atoms with van der Waals surface area (Å²) in [6.45, 7) is 7.56. The highest BCUT2D eigenvalue weighted by Crippen LogP contribution is 2.23. The third-order valence-corrected chi connectivity index (χ3v) is 4.29. The summed E-state index contributed by atoms with van der Waals surface area (Å²) in [4.78, 5) is 2.13. The van der Waals surface area contributed by atoms with Crippen LogP contribution >= 0.6 is 21.2 Å². The molecular formula is C12H15IN2O. The molecule has 0 bridgehead atoms. The van der Waals surface area contributed by atoms with E-state index in [0.29, 0.717) is 9.50 Å². The molecule has 1 unspecified atom stereocenters. The van der Waals surface area contributed by atoms with E-state index < -0.39 is 21.2 Å². The first-order valence-corrected chi connectivity index (χ1v) is 7.28. The van der Waals surface area contributed by atoms with Crippen molar-refractivity contribution >= 4 is 21.2 Å². The third-order valence-electron chi connectivity index (χ3n) is 2.56. The molecule has 0 spiro atoms. The maximum atomic E-state index is 10.8. The van der Waals surface area contributed by atoms with Gasteiger partial charge in [0.25, 0.3) is 0 Å². The van der Waals surface area contributed by atoms with E-state index in [9.17, 15) is 3.07 Å². The minimum atomic E-state index is -0.898. The van der Waals surface area contributed by atoms with Gasteiger partial charge in [-0.1, -0.05) is 12.7 Å². The van der Waals surface area contributed by atoms with E-state index in [1.807, 2.05) is 13.0 Å². The standard InChI is InChI=1S/C12H15IN2O/c1-3-11(8-14)5-4-10(2)15-7-6-12(9-15)13-16/h3-5,12H,2,6-7,9H2,1H3/b5-4-,11-3+. The number of nitriles is 1. The van der Waals surface area contributed by atoms with Crippen molar-refractivity contribution in [2.45, 2.75) is 17.3 Å². The molecule has 1 heterocycles. The second-order valence-electron chi connectivity index (χ2n) is 3.60. The Hall–Kier alpha value is -0.960. The van der Waals surface area contributed by atoms with Crippen LogP contribution < -0.4 is 0 Å². The highest BCUT2D eigenvalue weighted by molar-refractivity contribution is 14.1. The van der Waals surface area contributed by atoms with Gasteiger partial charge >= 0.3 is 0 Å². The van der Waals surface area contributed by atoms with Crippen molar-refractivity contribution in [3.05, 3.63) is 36.1 Å². The molecular weight excluding hydrogens is 315 g/mol. The minimum absolute atomic E-state index is 0.362. The minimum Gasteiger partial charge on any atom is -0.371 e. The summed E-state index contributed by atoms with van der Waals surface area (Å²) in [5.41, 5.74) is 1.53. The van der Waals surface area contributed by atoms with E-state index >= 15 is 0 Å². The largest absolute Gasteiger partial charge is 0.371 e. The van der Waals surface area contributed by atoms with Crippen molar-refractivity contribution < 1.29 is 3.07 Å². The van der Waals surface area contributed by atoms with Crippen LogP contribution in [0.25, 0.3) is 0 Å². The van der Waals surface area contributed by atoms with Gasteiger partial charge in [-0.2, -0.15) is 5.26 Å². The molecule has 4 heteroatoms. The van der Waals surface area contributed by atoms with E-state index in [2.05, 4.69) is 17.5 Å². The molecule has 1 saturated heterocycles. The van der Waals surface area contributed by atoms with Crippen LogP contribution in [0, 0.1) is 11.3 Å². The Bertz CT molecular complexity index is 379. The SMILES string of the molecule is C=C(/C=C\C(C#N)=C/C)N1CCC(I=O)C1. The van der Waals surface area contributed by atoms with Crippen molar-refractivity contribution in [2.75, 3.05) is 13.1 Å². The molecule has 0 saturated carbocycles. The molecule has 0 aromatic rings. The smallest absolute Gasteiger partial charge is 0.149 e. The molecule has 0 aliphatic carbocycles. The van der Waals surface area contributed by atoms with Gasteiger partial charge in [-0.3, -0.25) is 3.07 Å². The van der Waals surface area contributed by atoms with Crippen molar-refractivity contribution in [1.82, 2.24) is 4.90 Å². The number of alkyl halides is 1. The Morgan fingerprint density at radius 1 is 1.62 bits per heavy atom. The molecule has 0 aromatic carbocycles. The van der Waals surface area contributed by atoms with Gasteiger partial charge in [-0.15, -0.1) is 0 Å². The van der Waals surface area contributed by atoms with Crippen LogP contribution in [0.2, 0.25) is 0 Å². The second-order valence-corrected chi connectivity index (χ2v) is 5.87. The van der Waals surface area contributed by atoms with Crippen LogP contribution in [0.4, 0.5) is 0 Å². The van der Waals surface area contributed by atoms with Crippen molar-refractivity contribution in [1.29, 1.82) is 5.26 Å². The van der Waals surface area contributed by atoms with Gasteiger partial charge < -0.3 is 4.90 Å². The molecule has 0 radical (unpaired) electrons. The second kappa shape index (κ2) is 6.59. The van der Waals surface area contributed by atoms with Crippen LogP contribution in [0.1, 0.15) is 13.3 Å². The Morgan fingerprint density at radius 3 is 2.88 bits per heavy atom. The number of nitrogens with zero attached hydrogens (tertiary/aromatic N) is 2. The predicted octanol–water partition coefficient (Wildman–Crippen LogP) is 2.92. The summed E-state index contributed by atoms with van der Waals surface area (Å²) in [6, 6.07) is 2.09. The van der Waals surface area contributed by atoms with Crippen molar-refractivity contribution in [2.24, 2.45) is 0 Å². The highest BCUT2D eigenvalue weighted by Gasteiger charge is 2.22. The van der Waals surface area contributed by atoms with Crippen LogP contribution in [0.5, 0.6) is 0 Å². The predicted molar refractivity (Wildman–Crippen MR) is 72.3 cm³/mol. The van der Waals surface area contributed by atoms with Gasteiger partial charge in [0.2, 0.25) is 0 Å². The summed E-state index contributed by atoms with van der Waals surface area (Å²) in [7, 11) is 0. The number of likely N-dealkylation sites (tertiary alicyclic amines) is 1. The summed E-state index contributed by atoms with van der Waals surface area (Å²) in [5, 5.41) is 8.73. The molecule has 0 amide bonds. The first-order chi connectivity index (χ1) is 7.71. The lowest BCUT2D eigenvalue weighted by atomic mass is 10.2. The molecule has 1 aliphatic rings. The summed E-state index contributed by atoms with van der Waals surface area (Å²) < 4.78 is 11.2. The number of rotatable bonds is 4. The molecule has 16 heavy (non-hydrogen) atoms. The summed E-state index contributed by atoms with van der Waals surface area (Å²) in [6.07, 6.45) is 6.38. The normalized spacial score (nSPS) is 21.4. The topological polar surface area (TPSA) is 44.1 Å². The summed E-state index contributed by atoms with van der Waals surface area (Å²) in [5.74, 6) is 0. The Balaban J connectivity index is 2.54. The maximum absolute atomic E-state index is 10.8.